The lowest BCUT2D eigenvalue weighted by Gasteiger charge is -2.13. The minimum atomic E-state index is -0.384. The number of aliphatic hydroxyl groups is 3. The van der Waals surface area contributed by atoms with Gasteiger partial charge < -0.3 is 37.9 Å². The van der Waals surface area contributed by atoms with E-state index in [9.17, 15) is 25.5 Å². The maximum atomic E-state index is 10.2. The van der Waals surface area contributed by atoms with E-state index in [0.29, 0.717) is 28.1 Å². The molecule has 0 spiro atoms. The zero-order chi connectivity index (χ0) is 17.1. The number of aryl methyl sites for hydroxylation is 1. The zero-order valence-corrected chi connectivity index (χ0v) is 15.5. The van der Waals surface area contributed by atoms with Gasteiger partial charge in [-0.05, 0) is 6.92 Å². The molecule has 0 bridgehead atoms. The van der Waals surface area contributed by atoms with Crippen LogP contribution in [0.15, 0.2) is 12.4 Å². The number of aliphatic hydroxyl groups excluding tert-OH is 3. The van der Waals surface area contributed by atoms with Crippen molar-refractivity contribution < 1.29 is 42.5 Å². The number of aromatic nitrogens is 2. The summed E-state index contributed by atoms with van der Waals surface area (Å²) in [6, 6.07) is 0. The molecule has 0 fully saturated rings. The Morgan fingerprint density at radius 3 is 2.04 bits per heavy atom. The van der Waals surface area contributed by atoms with Gasteiger partial charge >= 0.3 is 0 Å². The second-order valence-electron chi connectivity index (χ2n) is 5.37. The molecule has 25 heavy (non-hydrogen) atoms. The lowest BCUT2D eigenvalue weighted by Crippen LogP contribution is -3.00. The molecule has 0 saturated carbocycles. The lowest BCUT2D eigenvalue weighted by atomic mass is 10.1. The van der Waals surface area contributed by atoms with E-state index in [4.69, 9.17) is 0 Å². The molecule has 2 aromatic rings. The van der Waals surface area contributed by atoms with E-state index in [-0.39, 0.29) is 68.2 Å². The third kappa shape index (κ3) is 4.50. The molecule has 0 unspecified atom stereocenters. The van der Waals surface area contributed by atoms with Crippen molar-refractivity contribution in [3.63, 3.8) is 0 Å². The Morgan fingerprint density at radius 2 is 1.52 bits per heavy atom. The summed E-state index contributed by atoms with van der Waals surface area (Å²) in [6.45, 7) is 2.51. The van der Waals surface area contributed by atoms with E-state index >= 15 is 0 Å². The average molecular weight is 393 g/mol. The summed E-state index contributed by atoms with van der Waals surface area (Å²) in [5.74, 6) is -0.116. The molecule has 2 aromatic heterocycles. The van der Waals surface area contributed by atoms with Crippen molar-refractivity contribution in [2.75, 3.05) is 0 Å². The molecule has 0 aliphatic heterocycles. The lowest BCUT2D eigenvalue weighted by molar-refractivity contribution is -0.695. The first-order valence-corrected chi connectivity index (χ1v) is 7.17. The van der Waals surface area contributed by atoms with Crippen LogP contribution in [0, 0.1) is 13.8 Å². The number of rotatable bonds is 5. The van der Waals surface area contributed by atoms with Crippen molar-refractivity contribution >= 4 is 12.4 Å². The van der Waals surface area contributed by atoms with Crippen molar-refractivity contribution in [1.29, 1.82) is 0 Å². The largest absolute Gasteiger partial charge is 1.00 e. The highest BCUT2D eigenvalue weighted by Gasteiger charge is 2.23. The summed E-state index contributed by atoms with van der Waals surface area (Å²) in [5, 5.41) is 48.6. The van der Waals surface area contributed by atoms with Crippen LogP contribution in [0.3, 0.4) is 0 Å². The first-order chi connectivity index (χ1) is 10.9. The molecular formula is C16H22Cl2N2O5. The summed E-state index contributed by atoms with van der Waals surface area (Å²) in [5.41, 5.74) is 2.56. The third-order valence-corrected chi connectivity index (χ3v) is 4.02. The summed E-state index contributed by atoms with van der Waals surface area (Å²) >= 11 is 0. The molecule has 2 heterocycles. The van der Waals surface area contributed by atoms with Crippen LogP contribution in [-0.2, 0) is 26.4 Å². The van der Waals surface area contributed by atoms with Crippen LogP contribution in [0.25, 0.3) is 0 Å². The van der Waals surface area contributed by atoms with Gasteiger partial charge in [-0.15, -0.1) is 12.4 Å². The van der Waals surface area contributed by atoms with E-state index in [2.05, 4.69) is 4.98 Å². The van der Waals surface area contributed by atoms with Crippen molar-refractivity contribution in [2.24, 2.45) is 0 Å². The molecule has 0 radical (unpaired) electrons. The first kappa shape index (κ1) is 23.4. The van der Waals surface area contributed by atoms with E-state index in [0.717, 1.165) is 0 Å². The van der Waals surface area contributed by atoms with Crippen molar-refractivity contribution in [2.45, 2.75) is 40.2 Å². The van der Waals surface area contributed by atoms with E-state index in [1.807, 2.05) is 0 Å². The van der Waals surface area contributed by atoms with Gasteiger partial charge in [-0.3, -0.25) is 4.98 Å². The number of hydrogen-bond acceptors (Lipinski definition) is 6. The Bertz CT molecular complexity index is 741. The van der Waals surface area contributed by atoms with Crippen LogP contribution in [-0.4, -0.2) is 30.5 Å². The van der Waals surface area contributed by atoms with Crippen molar-refractivity contribution in [3.05, 3.63) is 46.0 Å². The van der Waals surface area contributed by atoms with Crippen LogP contribution >= 0.6 is 12.4 Å². The molecule has 0 aliphatic carbocycles. The second-order valence-corrected chi connectivity index (χ2v) is 5.37. The van der Waals surface area contributed by atoms with Crippen LogP contribution in [0.1, 0.15) is 33.6 Å². The minimum Gasteiger partial charge on any atom is -1.00 e. The molecule has 0 aromatic carbocycles. The molecule has 0 saturated heterocycles. The monoisotopic (exact) mass is 392 g/mol. The minimum absolute atomic E-state index is 0. The normalized spacial score (nSPS) is 10.1. The zero-order valence-electron chi connectivity index (χ0n) is 13.9. The second kappa shape index (κ2) is 9.74. The Hall–Kier alpha value is -1.64. The van der Waals surface area contributed by atoms with E-state index in [1.54, 1.807) is 24.6 Å². The average Bonchev–Trinajstić information content (AvgIpc) is 2.55. The molecule has 0 atom stereocenters. The fraction of sp³-hybridized carbons (Fsp3) is 0.375. The van der Waals surface area contributed by atoms with Gasteiger partial charge in [-0.1, -0.05) is 0 Å². The van der Waals surface area contributed by atoms with Gasteiger partial charge in [-0.25, -0.2) is 0 Å². The van der Waals surface area contributed by atoms with Gasteiger partial charge in [0.2, 0.25) is 5.69 Å². The smallest absolute Gasteiger partial charge is 0.220 e. The van der Waals surface area contributed by atoms with Crippen molar-refractivity contribution in [3.8, 4) is 11.5 Å². The number of pyridine rings is 2. The summed E-state index contributed by atoms with van der Waals surface area (Å²) in [4.78, 5) is 4.01. The number of halogens is 2. The highest BCUT2D eigenvalue weighted by Crippen LogP contribution is 2.26. The molecule has 0 amide bonds. The number of aromatic hydroxyl groups is 2. The third-order valence-electron chi connectivity index (χ3n) is 4.02. The summed E-state index contributed by atoms with van der Waals surface area (Å²) in [6.07, 6.45) is 3.10. The predicted molar refractivity (Wildman–Crippen MR) is 87.8 cm³/mol. The van der Waals surface area contributed by atoms with Gasteiger partial charge in [-0.2, -0.15) is 4.57 Å². The highest BCUT2D eigenvalue weighted by atomic mass is 35.5. The SMILES string of the molecule is Cc1ncc(CO)c(C[n+]2cc(CO)c(CO)c(O)c2C)c1O.Cl.[Cl-]. The fourth-order valence-corrected chi connectivity index (χ4v) is 2.51. The van der Waals surface area contributed by atoms with Crippen LogP contribution in [0.2, 0.25) is 0 Å². The maximum absolute atomic E-state index is 10.2. The van der Waals surface area contributed by atoms with Gasteiger partial charge in [0.05, 0.1) is 36.6 Å². The standard InChI is InChI=1S/C16H20N2O5.2ClH/c1-9-15(22)13(11(6-19)3-17-9)5-18-4-12(7-20)14(8-21)16(23)10(18)2;;/h3-4,19-21H,5-8H2,1-2H3,(H-,22,23);2*1H. The van der Waals surface area contributed by atoms with Crippen molar-refractivity contribution in [1.82, 2.24) is 4.98 Å². The Balaban J connectivity index is 0.00000288. The molecule has 2 rings (SSSR count). The molecule has 0 aliphatic rings. The molecule has 140 valence electrons. The molecular weight excluding hydrogens is 371 g/mol. The van der Waals surface area contributed by atoms with Crippen LogP contribution < -0.4 is 17.0 Å². The quantitative estimate of drug-likeness (QED) is 0.354. The van der Waals surface area contributed by atoms with E-state index in [1.165, 1.54) is 6.20 Å². The van der Waals surface area contributed by atoms with Crippen LogP contribution in [0.4, 0.5) is 0 Å². The molecule has 7 nitrogen and oxygen atoms in total. The fourth-order valence-electron chi connectivity index (χ4n) is 2.51. The van der Waals surface area contributed by atoms with Gasteiger partial charge in [0.25, 0.3) is 0 Å². The van der Waals surface area contributed by atoms with Gasteiger partial charge in [0.1, 0.15) is 5.75 Å². The number of hydrogen-bond donors (Lipinski definition) is 5. The summed E-state index contributed by atoms with van der Waals surface area (Å²) in [7, 11) is 0. The van der Waals surface area contributed by atoms with Gasteiger partial charge in [0, 0.05) is 24.2 Å². The molecule has 5 N–H and O–H groups in total. The number of nitrogens with zero attached hydrogens (tertiary/aromatic N) is 2. The van der Waals surface area contributed by atoms with Gasteiger partial charge in [0.15, 0.2) is 18.5 Å². The topological polar surface area (TPSA) is 118 Å². The maximum Gasteiger partial charge on any atom is 0.220 e. The van der Waals surface area contributed by atoms with E-state index < -0.39 is 0 Å². The Morgan fingerprint density at radius 1 is 0.920 bits per heavy atom. The predicted octanol–water partition coefficient (Wildman–Crippen LogP) is -2.65. The highest BCUT2D eigenvalue weighted by molar-refractivity contribution is 5.85. The Kier molecular flexibility index (Phi) is 9.10. The Labute approximate surface area is 158 Å². The summed E-state index contributed by atoms with van der Waals surface area (Å²) < 4.78 is 1.65. The first-order valence-electron chi connectivity index (χ1n) is 7.17. The molecule has 9 heteroatoms. The van der Waals surface area contributed by atoms with Crippen LogP contribution in [0.5, 0.6) is 11.5 Å².